The molecule has 0 spiro atoms. The number of quaternary nitrogens is 1. The molecule has 0 radical (unpaired) electrons. The van der Waals surface area contributed by atoms with Crippen LogP contribution in [0.3, 0.4) is 0 Å². The second kappa shape index (κ2) is 8.45. The summed E-state index contributed by atoms with van der Waals surface area (Å²) in [6.45, 7) is 4.32. The maximum Gasteiger partial charge on any atom is 0.279 e. The number of halogens is 1. The molecule has 1 fully saturated rings. The molecule has 1 aliphatic rings. The Bertz CT molecular complexity index is 571. The average molecular weight is 383 g/mol. The van der Waals surface area contributed by atoms with E-state index in [0.29, 0.717) is 6.54 Å². The number of anilines is 1. The molecular weight excluding hydrogens is 358 g/mol. The van der Waals surface area contributed by atoms with E-state index in [-0.39, 0.29) is 18.4 Å². The normalized spacial score (nSPS) is 16.0. The van der Waals surface area contributed by atoms with Crippen LogP contribution in [0.15, 0.2) is 22.7 Å². The fourth-order valence-corrected chi connectivity index (χ4v) is 3.29. The fraction of sp³-hybridized carbons (Fsp3) is 0.529. The van der Waals surface area contributed by atoms with E-state index in [1.165, 1.54) is 6.42 Å². The molecule has 2 amide bonds. The minimum atomic E-state index is -0.0700. The molecule has 0 saturated carbocycles. The van der Waals surface area contributed by atoms with Crippen LogP contribution in [0.2, 0.25) is 0 Å². The topological polar surface area (TPSA) is 53.9 Å². The van der Waals surface area contributed by atoms with Crippen LogP contribution in [0, 0.1) is 6.92 Å². The molecule has 1 unspecified atom stereocenters. The predicted molar refractivity (Wildman–Crippen MR) is 94.6 cm³/mol. The summed E-state index contributed by atoms with van der Waals surface area (Å²) in [6, 6.07) is 5.75. The van der Waals surface area contributed by atoms with Crippen LogP contribution in [0.4, 0.5) is 5.69 Å². The molecule has 1 aliphatic heterocycles. The van der Waals surface area contributed by atoms with E-state index in [0.717, 1.165) is 46.6 Å². The Morgan fingerprint density at radius 1 is 1.22 bits per heavy atom. The molecule has 1 atom stereocenters. The van der Waals surface area contributed by atoms with E-state index in [4.69, 9.17) is 0 Å². The van der Waals surface area contributed by atoms with Gasteiger partial charge in [0.05, 0.1) is 7.05 Å². The number of piperidine rings is 1. The summed E-state index contributed by atoms with van der Waals surface area (Å²) in [4.78, 5) is 27.2. The minimum absolute atomic E-state index is 0.0700. The highest BCUT2D eigenvalue weighted by Crippen LogP contribution is 2.19. The van der Waals surface area contributed by atoms with Crippen molar-refractivity contribution in [2.75, 3.05) is 38.5 Å². The molecule has 1 aromatic rings. The number of carbonyl (C=O) groups is 2. The summed E-state index contributed by atoms with van der Waals surface area (Å²) in [7, 11) is 1.88. The van der Waals surface area contributed by atoms with Gasteiger partial charge in [-0.25, -0.2) is 0 Å². The van der Waals surface area contributed by atoms with Crippen LogP contribution in [0.1, 0.15) is 24.8 Å². The average Bonchev–Trinajstić information content (AvgIpc) is 2.50. The number of hydrogen-bond acceptors (Lipinski definition) is 2. The number of rotatable bonds is 5. The maximum absolute atomic E-state index is 12.2. The third-order valence-electron chi connectivity index (χ3n) is 4.09. The fourth-order valence-electron chi connectivity index (χ4n) is 2.81. The van der Waals surface area contributed by atoms with Crippen molar-refractivity contribution in [3.8, 4) is 0 Å². The summed E-state index contributed by atoms with van der Waals surface area (Å²) in [5.41, 5.74) is 1.82. The number of aryl methyl sites for hydroxylation is 1. The third-order valence-corrected chi connectivity index (χ3v) is 4.58. The monoisotopic (exact) mass is 382 g/mol. The van der Waals surface area contributed by atoms with Crippen molar-refractivity contribution in [2.24, 2.45) is 0 Å². The van der Waals surface area contributed by atoms with Crippen LogP contribution in [0.5, 0.6) is 0 Å². The first-order valence-electron chi connectivity index (χ1n) is 8.11. The van der Waals surface area contributed by atoms with Gasteiger partial charge in [0, 0.05) is 23.2 Å². The zero-order valence-corrected chi connectivity index (χ0v) is 15.4. The first-order chi connectivity index (χ1) is 11.0. The maximum atomic E-state index is 12.2. The van der Waals surface area contributed by atoms with Gasteiger partial charge in [-0.1, -0.05) is 15.9 Å². The first kappa shape index (κ1) is 17.9. The lowest BCUT2D eigenvalue weighted by Gasteiger charge is -2.27. The quantitative estimate of drug-likeness (QED) is 0.804. The highest BCUT2D eigenvalue weighted by atomic mass is 79.9. The van der Waals surface area contributed by atoms with Crippen molar-refractivity contribution in [1.29, 1.82) is 0 Å². The van der Waals surface area contributed by atoms with Gasteiger partial charge in [-0.05, 0) is 49.9 Å². The highest BCUT2D eigenvalue weighted by Gasteiger charge is 2.21. The zero-order chi connectivity index (χ0) is 16.8. The van der Waals surface area contributed by atoms with Gasteiger partial charge in [-0.15, -0.1) is 0 Å². The number of carbonyl (C=O) groups excluding carboxylic acids is 2. The minimum Gasteiger partial charge on any atom is -0.338 e. The van der Waals surface area contributed by atoms with Crippen LogP contribution < -0.4 is 10.2 Å². The third kappa shape index (κ3) is 5.62. The van der Waals surface area contributed by atoms with Crippen molar-refractivity contribution >= 4 is 33.4 Å². The molecule has 126 valence electrons. The predicted octanol–water partition coefficient (Wildman–Crippen LogP) is 1.22. The molecule has 1 heterocycles. The van der Waals surface area contributed by atoms with Gasteiger partial charge < -0.3 is 15.1 Å². The van der Waals surface area contributed by atoms with Crippen LogP contribution in [-0.4, -0.2) is 49.9 Å². The van der Waals surface area contributed by atoms with Gasteiger partial charge >= 0.3 is 0 Å². The van der Waals surface area contributed by atoms with E-state index in [1.54, 1.807) is 0 Å². The molecule has 2 rings (SSSR count). The molecule has 2 N–H and O–H groups in total. The molecule has 5 nitrogen and oxygen atoms in total. The smallest absolute Gasteiger partial charge is 0.279 e. The highest BCUT2D eigenvalue weighted by molar-refractivity contribution is 9.10. The summed E-state index contributed by atoms with van der Waals surface area (Å²) in [5, 5.41) is 2.92. The summed E-state index contributed by atoms with van der Waals surface area (Å²) in [6.07, 6.45) is 3.39. The van der Waals surface area contributed by atoms with Crippen molar-refractivity contribution in [3.63, 3.8) is 0 Å². The van der Waals surface area contributed by atoms with Crippen molar-refractivity contribution in [1.82, 2.24) is 4.90 Å². The Hall–Kier alpha value is -1.40. The lowest BCUT2D eigenvalue weighted by Crippen LogP contribution is -3.11. The Morgan fingerprint density at radius 3 is 2.57 bits per heavy atom. The summed E-state index contributed by atoms with van der Waals surface area (Å²) in [5.74, 6) is 0.0780. The molecule has 0 bridgehead atoms. The molecule has 1 aromatic carbocycles. The van der Waals surface area contributed by atoms with E-state index in [1.807, 2.05) is 37.1 Å². The zero-order valence-electron chi connectivity index (χ0n) is 13.8. The Morgan fingerprint density at radius 2 is 1.91 bits per heavy atom. The number of likely N-dealkylation sites (tertiary alicyclic amines) is 1. The summed E-state index contributed by atoms with van der Waals surface area (Å²) < 4.78 is 0.989. The Labute approximate surface area is 146 Å². The second-order valence-electron chi connectivity index (χ2n) is 6.26. The number of nitrogens with one attached hydrogen (secondary N) is 2. The molecule has 0 aromatic heterocycles. The standard InChI is InChI=1S/C17H24BrN3O2/c1-13-10-14(18)6-7-15(13)19-16(22)11-20(2)12-17(23)21-8-4-3-5-9-21/h6-7,10H,3-5,8-9,11-12H2,1-2H3,(H,19,22)/p+1. The molecule has 23 heavy (non-hydrogen) atoms. The SMILES string of the molecule is Cc1cc(Br)ccc1NC(=O)C[NH+](C)CC(=O)N1CCCCC1. The molecule has 0 aliphatic carbocycles. The number of hydrogen-bond donors (Lipinski definition) is 2. The van der Waals surface area contributed by atoms with Crippen molar-refractivity contribution in [2.45, 2.75) is 26.2 Å². The van der Waals surface area contributed by atoms with Crippen molar-refractivity contribution < 1.29 is 14.5 Å². The largest absolute Gasteiger partial charge is 0.338 e. The van der Waals surface area contributed by atoms with Crippen LogP contribution in [-0.2, 0) is 9.59 Å². The van der Waals surface area contributed by atoms with Gasteiger partial charge in [0.2, 0.25) is 0 Å². The van der Waals surface area contributed by atoms with E-state index in [9.17, 15) is 9.59 Å². The first-order valence-corrected chi connectivity index (χ1v) is 8.90. The molecule has 6 heteroatoms. The number of amides is 2. The lowest BCUT2D eigenvalue weighted by molar-refractivity contribution is -0.862. The number of likely N-dealkylation sites (N-methyl/N-ethyl adjacent to an activating group) is 1. The van der Waals surface area contributed by atoms with Gasteiger partial charge in [-0.2, -0.15) is 0 Å². The van der Waals surface area contributed by atoms with Gasteiger partial charge in [0.25, 0.3) is 11.8 Å². The summed E-state index contributed by atoms with van der Waals surface area (Å²) >= 11 is 3.41. The van der Waals surface area contributed by atoms with E-state index in [2.05, 4.69) is 21.2 Å². The van der Waals surface area contributed by atoms with E-state index < -0.39 is 0 Å². The van der Waals surface area contributed by atoms with Crippen LogP contribution >= 0.6 is 15.9 Å². The van der Waals surface area contributed by atoms with Crippen molar-refractivity contribution in [3.05, 3.63) is 28.2 Å². The number of nitrogens with zero attached hydrogens (tertiary/aromatic N) is 1. The Kier molecular flexibility index (Phi) is 6.59. The molecule has 1 saturated heterocycles. The van der Waals surface area contributed by atoms with E-state index >= 15 is 0 Å². The number of benzene rings is 1. The lowest BCUT2D eigenvalue weighted by atomic mass is 10.1. The van der Waals surface area contributed by atoms with Gasteiger partial charge in [0.1, 0.15) is 0 Å². The van der Waals surface area contributed by atoms with Gasteiger partial charge in [0.15, 0.2) is 13.1 Å². The Balaban J connectivity index is 1.81. The second-order valence-corrected chi connectivity index (χ2v) is 7.18. The molecular formula is C17H25BrN3O2+. The van der Waals surface area contributed by atoms with Crippen LogP contribution in [0.25, 0.3) is 0 Å². The van der Waals surface area contributed by atoms with Gasteiger partial charge in [-0.3, -0.25) is 9.59 Å².